The minimum atomic E-state index is -0.907. The Hall–Kier alpha value is -1.30. The molecule has 0 radical (unpaired) electrons. The molecule has 0 heterocycles. The Morgan fingerprint density at radius 2 is 1.81 bits per heavy atom. The molecule has 2 amide bonds. The largest absolute Gasteiger partial charge is 0.481 e. The van der Waals surface area contributed by atoms with Gasteiger partial charge in [-0.25, -0.2) is 4.79 Å². The molecule has 1 unspecified atom stereocenters. The number of carbonyl (C=O) groups excluding carboxylic acids is 1. The molecule has 0 saturated carbocycles. The Morgan fingerprint density at radius 3 is 2.24 bits per heavy atom. The predicted molar refractivity (Wildman–Crippen MR) is 84.4 cm³/mol. The van der Waals surface area contributed by atoms with Crippen molar-refractivity contribution < 1.29 is 14.7 Å². The van der Waals surface area contributed by atoms with E-state index in [9.17, 15) is 9.59 Å². The summed E-state index contributed by atoms with van der Waals surface area (Å²) in [6, 6.07) is -0.698. The normalized spacial score (nSPS) is 13.0. The van der Waals surface area contributed by atoms with Gasteiger partial charge in [-0.3, -0.25) is 4.79 Å². The molecule has 0 aromatic carbocycles. The summed E-state index contributed by atoms with van der Waals surface area (Å²) < 4.78 is 0. The zero-order chi connectivity index (χ0) is 16.5. The summed E-state index contributed by atoms with van der Waals surface area (Å²) in [5, 5.41) is 14.5. The van der Waals surface area contributed by atoms with Crippen molar-refractivity contribution in [3.05, 3.63) is 0 Å². The molecule has 0 aromatic rings. The lowest BCUT2D eigenvalue weighted by atomic mass is 9.85. The molecule has 0 aromatic heterocycles. The van der Waals surface area contributed by atoms with Crippen molar-refractivity contribution in [2.24, 2.45) is 5.41 Å². The second-order valence-corrected chi connectivity index (χ2v) is 6.35. The monoisotopic (exact) mass is 301 g/mol. The van der Waals surface area contributed by atoms with E-state index in [4.69, 9.17) is 5.11 Å². The molecule has 0 aliphatic carbocycles. The summed E-state index contributed by atoms with van der Waals surface area (Å²) in [4.78, 5) is 25.0. The van der Waals surface area contributed by atoms with Crippen LogP contribution in [-0.4, -0.2) is 54.2 Å². The van der Waals surface area contributed by atoms with Crippen LogP contribution in [0.5, 0.6) is 0 Å². The van der Waals surface area contributed by atoms with E-state index in [0.717, 1.165) is 26.1 Å². The molecule has 6 nitrogen and oxygen atoms in total. The molecule has 6 heteroatoms. The third-order valence-corrected chi connectivity index (χ3v) is 3.43. The highest BCUT2D eigenvalue weighted by Crippen LogP contribution is 2.21. The molecule has 0 fully saturated rings. The van der Waals surface area contributed by atoms with E-state index >= 15 is 0 Å². The predicted octanol–water partition coefficient (Wildman–Crippen LogP) is 1.91. The van der Waals surface area contributed by atoms with E-state index < -0.39 is 12.0 Å². The van der Waals surface area contributed by atoms with E-state index in [1.807, 2.05) is 20.8 Å². The van der Waals surface area contributed by atoms with Crippen LogP contribution < -0.4 is 10.6 Å². The first-order chi connectivity index (χ1) is 9.70. The summed E-state index contributed by atoms with van der Waals surface area (Å²) >= 11 is 0. The fraction of sp³-hybridized carbons (Fsp3) is 0.867. The first-order valence-corrected chi connectivity index (χ1v) is 7.69. The van der Waals surface area contributed by atoms with Crippen molar-refractivity contribution in [3.63, 3.8) is 0 Å². The van der Waals surface area contributed by atoms with Crippen molar-refractivity contribution in [2.45, 2.75) is 53.5 Å². The minimum absolute atomic E-state index is 0.0756. The molecule has 124 valence electrons. The van der Waals surface area contributed by atoms with Gasteiger partial charge in [-0.1, -0.05) is 34.6 Å². The standard InChI is InChI=1S/C15H31N3O3/c1-6-9-18(7-2)10-8-16-14(21)17-12(11-13(19)20)15(3,4)5/h12H,6-11H2,1-5H3,(H,19,20)(H2,16,17,21). The van der Waals surface area contributed by atoms with Crippen molar-refractivity contribution in [2.75, 3.05) is 26.2 Å². The SMILES string of the molecule is CCCN(CC)CCNC(=O)NC(CC(=O)O)C(C)(C)C. The van der Waals surface area contributed by atoms with Crippen LogP contribution in [0.4, 0.5) is 4.79 Å². The van der Waals surface area contributed by atoms with Gasteiger partial charge in [0, 0.05) is 19.1 Å². The number of carbonyl (C=O) groups is 2. The van der Waals surface area contributed by atoms with Crippen molar-refractivity contribution in [1.29, 1.82) is 0 Å². The van der Waals surface area contributed by atoms with Crippen LogP contribution in [0.25, 0.3) is 0 Å². The average molecular weight is 301 g/mol. The quantitative estimate of drug-likeness (QED) is 0.607. The van der Waals surface area contributed by atoms with Gasteiger partial charge >= 0.3 is 12.0 Å². The Morgan fingerprint density at radius 1 is 1.19 bits per heavy atom. The summed E-state index contributed by atoms with van der Waals surface area (Å²) in [7, 11) is 0. The van der Waals surface area contributed by atoms with E-state index in [1.54, 1.807) is 0 Å². The number of rotatable bonds is 9. The van der Waals surface area contributed by atoms with Crippen molar-refractivity contribution in [3.8, 4) is 0 Å². The molecule has 0 spiro atoms. The Kier molecular flexibility index (Phi) is 9.01. The number of hydrogen-bond donors (Lipinski definition) is 3. The van der Waals surface area contributed by atoms with Crippen molar-refractivity contribution >= 4 is 12.0 Å². The Balaban J connectivity index is 4.23. The molecule has 3 N–H and O–H groups in total. The molecule has 0 aliphatic rings. The first kappa shape index (κ1) is 19.7. The van der Waals surface area contributed by atoms with E-state index in [0.29, 0.717) is 6.54 Å². The number of urea groups is 1. The van der Waals surface area contributed by atoms with Gasteiger partial charge in [0.1, 0.15) is 0 Å². The number of amides is 2. The number of nitrogens with one attached hydrogen (secondary N) is 2. The highest BCUT2D eigenvalue weighted by atomic mass is 16.4. The van der Waals surface area contributed by atoms with Crippen LogP contribution in [0.1, 0.15) is 47.5 Å². The van der Waals surface area contributed by atoms with Gasteiger partial charge in [-0.05, 0) is 24.9 Å². The molecule has 1 atom stereocenters. The van der Waals surface area contributed by atoms with E-state index in [1.165, 1.54) is 0 Å². The summed E-state index contributed by atoms with van der Waals surface area (Å²) in [5.41, 5.74) is -0.298. The molecule has 0 bridgehead atoms. The first-order valence-electron chi connectivity index (χ1n) is 7.69. The second kappa shape index (κ2) is 9.60. The second-order valence-electron chi connectivity index (χ2n) is 6.35. The zero-order valence-electron chi connectivity index (χ0n) is 14.0. The number of likely N-dealkylation sites (N-methyl/N-ethyl adjacent to an activating group) is 1. The number of nitrogens with zero attached hydrogens (tertiary/aromatic N) is 1. The van der Waals surface area contributed by atoms with Crippen LogP contribution in [0.15, 0.2) is 0 Å². The molecule has 0 aliphatic heterocycles. The van der Waals surface area contributed by atoms with E-state index in [2.05, 4.69) is 29.4 Å². The number of carboxylic acids is 1. The van der Waals surface area contributed by atoms with Gasteiger partial charge in [0.2, 0.25) is 0 Å². The Labute approximate surface area is 128 Å². The maximum absolute atomic E-state index is 11.9. The van der Waals surface area contributed by atoms with Crippen LogP contribution in [-0.2, 0) is 4.79 Å². The van der Waals surface area contributed by atoms with Gasteiger partial charge in [0.05, 0.1) is 6.42 Å². The topological polar surface area (TPSA) is 81.7 Å². The third-order valence-electron chi connectivity index (χ3n) is 3.43. The summed E-state index contributed by atoms with van der Waals surface area (Å²) in [6.07, 6.45) is 1.01. The van der Waals surface area contributed by atoms with Crippen LogP contribution in [0, 0.1) is 5.41 Å². The van der Waals surface area contributed by atoms with Gasteiger partial charge < -0.3 is 20.6 Å². The fourth-order valence-electron chi connectivity index (χ4n) is 2.03. The van der Waals surface area contributed by atoms with Gasteiger partial charge in [0.15, 0.2) is 0 Å². The Bertz CT molecular complexity index is 327. The average Bonchev–Trinajstić information content (AvgIpc) is 2.35. The van der Waals surface area contributed by atoms with Crippen LogP contribution in [0.3, 0.4) is 0 Å². The molecular formula is C15H31N3O3. The van der Waals surface area contributed by atoms with Crippen molar-refractivity contribution in [1.82, 2.24) is 15.5 Å². The third kappa shape index (κ3) is 9.28. The minimum Gasteiger partial charge on any atom is -0.481 e. The van der Waals surface area contributed by atoms with Crippen LogP contribution >= 0.6 is 0 Å². The summed E-state index contributed by atoms with van der Waals surface area (Å²) in [5.74, 6) is -0.907. The number of hydrogen-bond acceptors (Lipinski definition) is 3. The van der Waals surface area contributed by atoms with Gasteiger partial charge in [0.25, 0.3) is 0 Å². The van der Waals surface area contributed by atoms with Crippen LogP contribution in [0.2, 0.25) is 0 Å². The molecule has 0 saturated heterocycles. The maximum atomic E-state index is 11.9. The number of aliphatic carboxylic acids is 1. The summed E-state index contributed by atoms with van der Waals surface area (Å²) in [6.45, 7) is 13.3. The lowest BCUT2D eigenvalue weighted by Crippen LogP contribution is -2.50. The van der Waals surface area contributed by atoms with Gasteiger partial charge in [-0.2, -0.15) is 0 Å². The smallest absolute Gasteiger partial charge is 0.315 e. The lowest BCUT2D eigenvalue weighted by molar-refractivity contribution is -0.138. The van der Waals surface area contributed by atoms with Gasteiger partial charge in [-0.15, -0.1) is 0 Å². The fourth-order valence-corrected chi connectivity index (χ4v) is 2.03. The lowest BCUT2D eigenvalue weighted by Gasteiger charge is -2.30. The highest BCUT2D eigenvalue weighted by Gasteiger charge is 2.28. The number of carboxylic acid groups (broad SMARTS) is 1. The molecule has 21 heavy (non-hydrogen) atoms. The zero-order valence-corrected chi connectivity index (χ0v) is 14.0. The molecular weight excluding hydrogens is 270 g/mol. The maximum Gasteiger partial charge on any atom is 0.315 e. The highest BCUT2D eigenvalue weighted by molar-refractivity contribution is 5.75. The van der Waals surface area contributed by atoms with E-state index in [-0.39, 0.29) is 17.9 Å². The molecule has 0 rings (SSSR count).